The molecule has 0 radical (unpaired) electrons. The van der Waals surface area contributed by atoms with E-state index in [4.69, 9.17) is 14.2 Å². The van der Waals surface area contributed by atoms with E-state index in [1.54, 1.807) is 7.11 Å². The molecule has 138 valence electrons. The summed E-state index contributed by atoms with van der Waals surface area (Å²) in [5, 5.41) is 3.64. The quantitative estimate of drug-likeness (QED) is 0.848. The molecule has 0 amide bonds. The first-order valence-corrected chi connectivity index (χ1v) is 9.60. The minimum Gasteiger partial charge on any atom is -0.493 e. The van der Waals surface area contributed by atoms with Crippen molar-refractivity contribution in [3.63, 3.8) is 0 Å². The van der Waals surface area contributed by atoms with E-state index in [0.29, 0.717) is 12.7 Å². The molecule has 2 aromatic carbocycles. The van der Waals surface area contributed by atoms with Crippen LogP contribution in [0.25, 0.3) is 0 Å². The molecule has 2 aromatic rings. The lowest BCUT2D eigenvalue weighted by Gasteiger charge is -2.27. The number of ether oxygens (including phenoxy) is 3. The molecular formula is C22H27NO3. The molecule has 0 bridgehead atoms. The van der Waals surface area contributed by atoms with Gasteiger partial charge in [0.05, 0.1) is 13.2 Å². The SMILES string of the molecule is COc1cccc2c1OCC(NCc1ccccc1OC1CCCC1)C2. The molecular weight excluding hydrogens is 326 g/mol. The van der Waals surface area contributed by atoms with E-state index in [2.05, 4.69) is 35.6 Å². The van der Waals surface area contributed by atoms with Crippen molar-refractivity contribution in [1.29, 1.82) is 0 Å². The summed E-state index contributed by atoms with van der Waals surface area (Å²) in [4.78, 5) is 0. The van der Waals surface area contributed by atoms with Crippen LogP contribution in [0.2, 0.25) is 0 Å². The molecule has 1 N–H and O–H groups in total. The predicted molar refractivity (Wildman–Crippen MR) is 102 cm³/mol. The standard InChI is InChI=1S/C22H27NO3/c1-24-21-12-6-8-16-13-18(15-25-22(16)21)23-14-17-7-2-5-11-20(17)26-19-9-3-4-10-19/h2,5-8,11-12,18-19,23H,3-4,9-10,13-15H2,1H3. The lowest BCUT2D eigenvalue weighted by Crippen LogP contribution is -2.39. The average Bonchev–Trinajstić information content (AvgIpc) is 3.19. The fourth-order valence-electron chi connectivity index (χ4n) is 3.89. The van der Waals surface area contributed by atoms with Gasteiger partial charge < -0.3 is 19.5 Å². The Labute approximate surface area is 155 Å². The highest BCUT2D eigenvalue weighted by atomic mass is 16.5. The maximum atomic E-state index is 6.25. The summed E-state index contributed by atoms with van der Waals surface area (Å²) in [6.07, 6.45) is 6.25. The van der Waals surface area contributed by atoms with Crippen molar-refractivity contribution < 1.29 is 14.2 Å². The highest BCUT2D eigenvalue weighted by molar-refractivity contribution is 5.48. The zero-order chi connectivity index (χ0) is 17.8. The maximum absolute atomic E-state index is 6.25. The Morgan fingerprint density at radius 1 is 1.04 bits per heavy atom. The van der Waals surface area contributed by atoms with Crippen molar-refractivity contribution in [3.05, 3.63) is 53.6 Å². The van der Waals surface area contributed by atoms with Crippen molar-refractivity contribution in [1.82, 2.24) is 5.32 Å². The van der Waals surface area contributed by atoms with Gasteiger partial charge in [-0.1, -0.05) is 30.3 Å². The number of nitrogens with one attached hydrogen (secondary N) is 1. The topological polar surface area (TPSA) is 39.7 Å². The Morgan fingerprint density at radius 2 is 1.85 bits per heavy atom. The zero-order valence-corrected chi connectivity index (χ0v) is 15.4. The molecule has 1 aliphatic carbocycles. The van der Waals surface area contributed by atoms with Crippen molar-refractivity contribution in [2.75, 3.05) is 13.7 Å². The van der Waals surface area contributed by atoms with Crippen LogP contribution in [0, 0.1) is 0 Å². The summed E-state index contributed by atoms with van der Waals surface area (Å²) in [7, 11) is 1.69. The molecule has 1 saturated carbocycles. The fourth-order valence-corrected chi connectivity index (χ4v) is 3.89. The van der Waals surface area contributed by atoms with Gasteiger partial charge in [-0.3, -0.25) is 0 Å². The Morgan fingerprint density at radius 3 is 2.69 bits per heavy atom. The van der Waals surface area contributed by atoms with Crippen molar-refractivity contribution in [2.45, 2.75) is 50.8 Å². The number of fused-ring (bicyclic) bond motifs is 1. The van der Waals surface area contributed by atoms with Crippen LogP contribution in [0.15, 0.2) is 42.5 Å². The molecule has 1 fully saturated rings. The van der Waals surface area contributed by atoms with Gasteiger partial charge >= 0.3 is 0 Å². The minimum atomic E-state index is 0.286. The third-order valence-corrected chi connectivity index (χ3v) is 5.33. The lowest BCUT2D eigenvalue weighted by molar-refractivity contribution is 0.205. The number of para-hydroxylation sites is 2. The molecule has 4 nitrogen and oxygen atoms in total. The van der Waals surface area contributed by atoms with E-state index in [-0.39, 0.29) is 6.04 Å². The van der Waals surface area contributed by atoms with E-state index >= 15 is 0 Å². The van der Waals surface area contributed by atoms with E-state index in [1.165, 1.54) is 36.8 Å². The molecule has 26 heavy (non-hydrogen) atoms. The van der Waals surface area contributed by atoms with Gasteiger partial charge in [0.2, 0.25) is 0 Å². The van der Waals surface area contributed by atoms with Crippen LogP contribution >= 0.6 is 0 Å². The van der Waals surface area contributed by atoms with Gasteiger partial charge in [-0.05, 0) is 49.8 Å². The first-order chi connectivity index (χ1) is 12.8. The highest BCUT2D eigenvalue weighted by Crippen LogP contribution is 2.34. The van der Waals surface area contributed by atoms with Crippen LogP contribution in [-0.2, 0) is 13.0 Å². The van der Waals surface area contributed by atoms with Gasteiger partial charge in [-0.15, -0.1) is 0 Å². The summed E-state index contributed by atoms with van der Waals surface area (Å²) in [5.74, 6) is 2.72. The van der Waals surface area contributed by atoms with Crippen LogP contribution in [0.1, 0.15) is 36.8 Å². The lowest BCUT2D eigenvalue weighted by atomic mass is 10.0. The maximum Gasteiger partial charge on any atom is 0.164 e. The first kappa shape index (κ1) is 17.2. The summed E-state index contributed by atoms with van der Waals surface area (Å²) < 4.78 is 17.6. The van der Waals surface area contributed by atoms with Crippen LogP contribution in [-0.4, -0.2) is 25.9 Å². The van der Waals surface area contributed by atoms with E-state index in [0.717, 1.165) is 30.2 Å². The molecule has 1 unspecified atom stereocenters. The van der Waals surface area contributed by atoms with Gasteiger partial charge in [0.1, 0.15) is 12.4 Å². The van der Waals surface area contributed by atoms with Crippen LogP contribution in [0.3, 0.4) is 0 Å². The highest BCUT2D eigenvalue weighted by Gasteiger charge is 2.23. The van der Waals surface area contributed by atoms with Gasteiger partial charge in [-0.25, -0.2) is 0 Å². The Bertz CT molecular complexity index is 740. The number of rotatable bonds is 6. The van der Waals surface area contributed by atoms with Gasteiger partial charge in [0, 0.05) is 18.2 Å². The Hall–Kier alpha value is -2.20. The van der Waals surface area contributed by atoms with Gasteiger partial charge in [0.25, 0.3) is 0 Å². The Balaban J connectivity index is 1.39. The van der Waals surface area contributed by atoms with Gasteiger partial charge in [-0.2, -0.15) is 0 Å². The minimum absolute atomic E-state index is 0.286. The van der Waals surface area contributed by atoms with E-state index < -0.39 is 0 Å². The van der Waals surface area contributed by atoms with Crippen LogP contribution in [0.4, 0.5) is 0 Å². The van der Waals surface area contributed by atoms with Crippen LogP contribution < -0.4 is 19.5 Å². The molecule has 1 aliphatic heterocycles. The largest absolute Gasteiger partial charge is 0.493 e. The molecule has 0 aromatic heterocycles. The molecule has 4 heteroatoms. The number of hydrogen-bond acceptors (Lipinski definition) is 4. The summed E-state index contributed by atoms with van der Waals surface area (Å²) in [6.45, 7) is 1.44. The number of benzene rings is 2. The summed E-state index contributed by atoms with van der Waals surface area (Å²) in [6, 6.07) is 14.7. The molecule has 1 heterocycles. The molecule has 0 spiro atoms. The van der Waals surface area contributed by atoms with Crippen molar-refractivity contribution in [3.8, 4) is 17.2 Å². The first-order valence-electron chi connectivity index (χ1n) is 9.60. The number of methoxy groups -OCH3 is 1. The van der Waals surface area contributed by atoms with Crippen molar-refractivity contribution >= 4 is 0 Å². The van der Waals surface area contributed by atoms with Crippen LogP contribution in [0.5, 0.6) is 17.2 Å². The fraction of sp³-hybridized carbons (Fsp3) is 0.455. The monoisotopic (exact) mass is 353 g/mol. The smallest absolute Gasteiger partial charge is 0.164 e. The van der Waals surface area contributed by atoms with E-state index in [1.807, 2.05) is 12.1 Å². The molecule has 0 saturated heterocycles. The van der Waals surface area contributed by atoms with Crippen molar-refractivity contribution in [2.24, 2.45) is 0 Å². The average molecular weight is 353 g/mol. The second-order valence-electron chi connectivity index (χ2n) is 7.17. The number of hydrogen-bond donors (Lipinski definition) is 1. The predicted octanol–water partition coefficient (Wildman–Crippen LogP) is 4.11. The second-order valence-corrected chi connectivity index (χ2v) is 7.17. The Kier molecular flexibility index (Phi) is 5.30. The second kappa shape index (κ2) is 8.00. The zero-order valence-electron chi connectivity index (χ0n) is 15.4. The molecule has 1 atom stereocenters. The summed E-state index contributed by atoms with van der Waals surface area (Å²) in [5.41, 5.74) is 2.42. The summed E-state index contributed by atoms with van der Waals surface area (Å²) >= 11 is 0. The third-order valence-electron chi connectivity index (χ3n) is 5.33. The normalized spacial score (nSPS) is 19.7. The molecule has 4 rings (SSSR count). The third kappa shape index (κ3) is 3.80. The molecule has 2 aliphatic rings. The van der Waals surface area contributed by atoms with Gasteiger partial charge in [0.15, 0.2) is 11.5 Å². The van der Waals surface area contributed by atoms with E-state index in [9.17, 15) is 0 Å².